The molecule has 24 heavy (non-hydrogen) atoms. The van der Waals surface area contributed by atoms with Crippen LogP contribution < -0.4 is 5.32 Å². The number of hydrogen-bond acceptors (Lipinski definition) is 4. The number of para-hydroxylation sites is 1. The number of anilines is 1. The zero-order valence-electron chi connectivity index (χ0n) is 12.5. The van der Waals surface area contributed by atoms with Crippen molar-refractivity contribution < 1.29 is 27.3 Å². The molecule has 5 nitrogen and oxygen atoms in total. The maximum Gasteiger partial charge on any atom is 0.339 e. The van der Waals surface area contributed by atoms with E-state index in [0.717, 1.165) is 18.2 Å². The molecule has 8 heteroatoms. The predicted octanol–water partition coefficient (Wildman–Crippen LogP) is 2.50. The van der Waals surface area contributed by atoms with Crippen molar-refractivity contribution in [1.29, 1.82) is 0 Å². The smallest absolute Gasteiger partial charge is 0.339 e. The van der Waals surface area contributed by atoms with Crippen LogP contribution in [-0.2, 0) is 20.3 Å². The van der Waals surface area contributed by atoms with Gasteiger partial charge < -0.3 is 10.1 Å². The highest BCUT2D eigenvalue weighted by atomic mass is 32.2. The van der Waals surface area contributed by atoms with Crippen LogP contribution in [0.4, 0.5) is 14.5 Å². The Labute approximate surface area is 139 Å². The monoisotopic (exact) mass is 353 g/mol. The van der Waals surface area contributed by atoms with E-state index in [2.05, 4.69) is 0 Å². The standard InChI is InChI=1S/C16H13F2NO4S/c1-24(22)13-8-3-2-5-10(13)16(21)23-9-14(20)19-15-11(17)6-4-7-12(15)18/h2-8H,9H2,1H3,(H,19,20)/t24-/m1/s1. The van der Waals surface area contributed by atoms with Crippen molar-refractivity contribution in [1.82, 2.24) is 0 Å². The van der Waals surface area contributed by atoms with Gasteiger partial charge in [0.05, 0.1) is 21.3 Å². The van der Waals surface area contributed by atoms with Gasteiger partial charge in [0.2, 0.25) is 0 Å². The SMILES string of the molecule is C[S@@](=O)c1ccccc1C(=O)OCC(=O)Nc1c(F)cccc1F. The van der Waals surface area contributed by atoms with Gasteiger partial charge in [0.15, 0.2) is 6.61 Å². The van der Waals surface area contributed by atoms with Crippen molar-refractivity contribution in [2.45, 2.75) is 4.90 Å². The molecular formula is C16H13F2NO4S. The van der Waals surface area contributed by atoms with Gasteiger partial charge in [-0.3, -0.25) is 9.00 Å². The Balaban J connectivity index is 2.02. The lowest BCUT2D eigenvalue weighted by atomic mass is 10.2. The molecule has 1 atom stereocenters. The number of carbonyl (C=O) groups is 2. The molecule has 0 unspecified atom stereocenters. The topological polar surface area (TPSA) is 72.5 Å². The summed E-state index contributed by atoms with van der Waals surface area (Å²) in [6, 6.07) is 9.20. The fourth-order valence-corrected chi connectivity index (χ4v) is 2.62. The Bertz CT molecular complexity index is 790. The van der Waals surface area contributed by atoms with Crippen LogP contribution in [0.25, 0.3) is 0 Å². The van der Waals surface area contributed by atoms with Gasteiger partial charge in [-0.1, -0.05) is 18.2 Å². The molecule has 2 rings (SSSR count). The lowest BCUT2D eigenvalue weighted by molar-refractivity contribution is -0.119. The molecule has 0 aliphatic rings. The average Bonchev–Trinajstić information content (AvgIpc) is 2.56. The second-order valence-corrected chi connectivity index (χ2v) is 6.02. The Hall–Kier alpha value is -2.61. The second kappa shape index (κ2) is 7.78. The number of amides is 1. The lowest BCUT2D eigenvalue weighted by Gasteiger charge is -2.09. The summed E-state index contributed by atoms with van der Waals surface area (Å²) in [5.41, 5.74) is -0.559. The molecule has 0 radical (unpaired) electrons. The average molecular weight is 353 g/mol. The zero-order valence-corrected chi connectivity index (χ0v) is 13.4. The van der Waals surface area contributed by atoms with Gasteiger partial charge in [0.1, 0.15) is 17.3 Å². The molecule has 1 amide bonds. The molecule has 0 saturated heterocycles. The molecule has 0 fully saturated rings. The van der Waals surface area contributed by atoms with Crippen molar-refractivity contribution in [3.05, 3.63) is 59.7 Å². The van der Waals surface area contributed by atoms with Gasteiger partial charge in [-0.15, -0.1) is 0 Å². The number of halogens is 2. The number of esters is 1. The summed E-state index contributed by atoms with van der Waals surface area (Å²) >= 11 is 0. The van der Waals surface area contributed by atoms with Gasteiger partial charge in [-0.2, -0.15) is 0 Å². The summed E-state index contributed by atoms with van der Waals surface area (Å²) in [7, 11) is -1.41. The van der Waals surface area contributed by atoms with Crippen LogP contribution in [0.5, 0.6) is 0 Å². The van der Waals surface area contributed by atoms with Gasteiger partial charge in [0, 0.05) is 6.26 Å². The number of carbonyl (C=O) groups excluding carboxylic acids is 2. The van der Waals surface area contributed by atoms with Crippen LogP contribution in [0.3, 0.4) is 0 Å². The van der Waals surface area contributed by atoms with Crippen molar-refractivity contribution in [3.63, 3.8) is 0 Å². The summed E-state index contributed by atoms with van der Waals surface area (Å²) < 4.78 is 43.2. The minimum Gasteiger partial charge on any atom is -0.452 e. The first kappa shape index (κ1) is 17.7. The maximum absolute atomic E-state index is 13.4. The van der Waals surface area contributed by atoms with Gasteiger partial charge in [-0.05, 0) is 24.3 Å². The highest BCUT2D eigenvalue weighted by Crippen LogP contribution is 2.18. The van der Waals surface area contributed by atoms with Crippen LogP contribution in [0.15, 0.2) is 47.4 Å². The normalized spacial score (nSPS) is 11.6. The van der Waals surface area contributed by atoms with E-state index in [4.69, 9.17) is 4.74 Å². The summed E-state index contributed by atoms with van der Waals surface area (Å²) in [6.07, 6.45) is 1.40. The minimum absolute atomic E-state index is 0.0585. The first-order valence-electron chi connectivity index (χ1n) is 6.73. The van der Waals surface area contributed by atoms with E-state index < -0.39 is 46.6 Å². The fraction of sp³-hybridized carbons (Fsp3) is 0.125. The highest BCUT2D eigenvalue weighted by molar-refractivity contribution is 7.84. The van der Waals surface area contributed by atoms with Gasteiger partial charge in [0.25, 0.3) is 5.91 Å². The number of rotatable bonds is 5. The number of ether oxygens (including phenoxy) is 1. The molecule has 0 aliphatic carbocycles. The molecule has 0 heterocycles. The van der Waals surface area contributed by atoms with E-state index in [1.807, 2.05) is 5.32 Å². The molecule has 0 bridgehead atoms. The fourth-order valence-electron chi connectivity index (χ4n) is 1.89. The molecule has 1 N–H and O–H groups in total. The third-order valence-electron chi connectivity index (χ3n) is 2.98. The van der Waals surface area contributed by atoms with Gasteiger partial charge in [-0.25, -0.2) is 13.6 Å². The summed E-state index contributed by atoms with van der Waals surface area (Å²) in [6.45, 7) is -0.739. The number of nitrogens with one attached hydrogen (secondary N) is 1. The molecule has 0 spiro atoms. The van der Waals surface area contributed by atoms with Crippen molar-refractivity contribution >= 4 is 28.4 Å². The zero-order chi connectivity index (χ0) is 17.7. The maximum atomic E-state index is 13.4. The second-order valence-electron chi connectivity index (χ2n) is 4.67. The quantitative estimate of drug-likeness (QED) is 0.839. The van der Waals surface area contributed by atoms with E-state index in [1.165, 1.54) is 18.4 Å². The van der Waals surface area contributed by atoms with Gasteiger partial charge >= 0.3 is 5.97 Å². The lowest BCUT2D eigenvalue weighted by Crippen LogP contribution is -2.22. The molecule has 0 saturated carbocycles. The van der Waals surface area contributed by atoms with Crippen molar-refractivity contribution in [2.75, 3.05) is 18.2 Å². The van der Waals surface area contributed by atoms with Crippen LogP contribution in [0, 0.1) is 11.6 Å². The van der Waals surface area contributed by atoms with Crippen LogP contribution >= 0.6 is 0 Å². The van der Waals surface area contributed by atoms with Crippen LogP contribution in [-0.4, -0.2) is 28.9 Å². The minimum atomic E-state index is -1.41. The highest BCUT2D eigenvalue weighted by Gasteiger charge is 2.17. The summed E-state index contributed by atoms with van der Waals surface area (Å²) in [5.74, 6) is -3.64. The molecular weight excluding hydrogens is 340 g/mol. The van der Waals surface area contributed by atoms with E-state index in [1.54, 1.807) is 12.1 Å². The number of benzene rings is 2. The van der Waals surface area contributed by atoms with E-state index in [-0.39, 0.29) is 10.5 Å². The van der Waals surface area contributed by atoms with Crippen molar-refractivity contribution in [3.8, 4) is 0 Å². The first-order valence-corrected chi connectivity index (χ1v) is 8.29. The molecule has 126 valence electrons. The molecule has 2 aromatic rings. The van der Waals surface area contributed by atoms with E-state index >= 15 is 0 Å². The molecule has 0 aromatic heterocycles. The molecule has 0 aliphatic heterocycles. The number of hydrogen-bond donors (Lipinski definition) is 1. The Kier molecular flexibility index (Phi) is 5.75. The van der Waals surface area contributed by atoms with E-state index in [9.17, 15) is 22.6 Å². The van der Waals surface area contributed by atoms with Crippen LogP contribution in [0.1, 0.15) is 10.4 Å². The van der Waals surface area contributed by atoms with Crippen molar-refractivity contribution in [2.24, 2.45) is 0 Å². The third-order valence-corrected chi connectivity index (χ3v) is 3.95. The summed E-state index contributed by atoms with van der Waals surface area (Å²) in [4.78, 5) is 23.9. The Morgan fingerprint density at radius 1 is 1.08 bits per heavy atom. The first-order chi connectivity index (χ1) is 11.4. The largest absolute Gasteiger partial charge is 0.452 e. The Morgan fingerprint density at radius 3 is 2.33 bits per heavy atom. The summed E-state index contributed by atoms with van der Waals surface area (Å²) in [5, 5.41) is 2.00. The van der Waals surface area contributed by atoms with Crippen LogP contribution in [0.2, 0.25) is 0 Å². The predicted molar refractivity (Wildman–Crippen MR) is 84.0 cm³/mol. The molecule has 2 aromatic carbocycles. The third kappa shape index (κ3) is 4.23. The van der Waals surface area contributed by atoms with E-state index in [0.29, 0.717) is 0 Å². The Morgan fingerprint density at radius 2 is 1.71 bits per heavy atom.